The van der Waals surface area contributed by atoms with Gasteiger partial charge in [0.25, 0.3) is 5.56 Å². The lowest BCUT2D eigenvalue weighted by Gasteiger charge is -2.30. The molecule has 206 valence electrons. The Bertz CT molecular complexity index is 1360. The van der Waals surface area contributed by atoms with Gasteiger partial charge in [-0.05, 0) is 62.2 Å². The molecule has 0 atom stereocenters. The fraction of sp³-hybridized carbons (Fsp3) is 0.414. The number of thioether (sulfide) groups is 1. The van der Waals surface area contributed by atoms with Gasteiger partial charge in [-0.15, -0.1) is 0 Å². The van der Waals surface area contributed by atoms with Crippen molar-refractivity contribution in [2.24, 2.45) is 0 Å². The molecule has 1 aromatic heterocycles. The summed E-state index contributed by atoms with van der Waals surface area (Å²) in [5.41, 5.74) is 1.45. The van der Waals surface area contributed by atoms with Crippen molar-refractivity contribution in [3.63, 3.8) is 0 Å². The second-order valence-corrected chi connectivity index (χ2v) is 11.1. The van der Waals surface area contributed by atoms with E-state index < -0.39 is 0 Å². The van der Waals surface area contributed by atoms with E-state index in [1.165, 1.54) is 23.1 Å². The van der Waals surface area contributed by atoms with E-state index in [-0.39, 0.29) is 29.6 Å². The number of aromatic hydroxyl groups is 1. The molecule has 1 saturated carbocycles. The largest absolute Gasteiger partial charge is 0.506 e. The van der Waals surface area contributed by atoms with E-state index in [1.807, 2.05) is 0 Å². The van der Waals surface area contributed by atoms with Crippen LogP contribution in [0.2, 0.25) is 0 Å². The van der Waals surface area contributed by atoms with Crippen LogP contribution in [0.5, 0.6) is 11.5 Å². The van der Waals surface area contributed by atoms with Gasteiger partial charge in [-0.1, -0.05) is 30.3 Å². The molecule has 10 heteroatoms. The number of hydrogen-bond donors (Lipinski definition) is 2. The van der Waals surface area contributed by atoms with Crippen LogP contribution in [0.3, 0.4) is 0 Å². The standard InChI is InChI=1S/C29H33FN4O4S/c30-20-9-11-21(12-10-20)38-18-4-15-31-16-13-27(36)33-17-14-24-23(19-33)28(37)34(25-7-1-2-8-26(25)35)29(32-24)39-22-5-3-6-22/h1-2,7-12,22,31,35H,3-6,13-19H2. The van der Waals surface area contributed by atoms with Crippen molar-refractivity contribution in [2.45, 2.75) is 55.5 Å². The zero-order chi connectivity index (χ0) is 27.2. The minimum absolute atomic E-state index is 0.0165. The van der Waals surface area contributed by atoms with E-state index in [0.29, 0.717) is 66.5 Å². The molecule has 2 N–H and O–H groups in total. The maximum atomic E-state index is 13.7. The van der Waals surface area contributed by atoms with Gasteiger partial charge in [0.2, 0.25) is 5.91 Å². The van der Waals surface area contributed by atoms with Crippen LogP contribution >= 0.6 is 11.8 Å². The highest BCUT2D eigenvalue weighted by atomic mass is 32.2. The molecule has 0 bridgehead atoms. The summed E-state index contributed by atoms with van der Waals surface area (Å²) in [7, 11) is 0. The first-order valence-corrected chi connectivity index (χ1v) is 14.3. The van der Waals surface area contributed by atoms with Gasteiger partial charge in [-0.2, -0.15) is 0 Å². The molecule has 39 heavy (non-hydrogen) atoms. The van der Waals surface area contributed by atoms with E-state index >= 15 is 0 Å². The van der Waals surface area contributed by atoms with Crippen LogP contribution in [0.15, 0.2) is 58.5 Å². The minimum atomic E-state index is -0.295. The first kappa shape index (κ1) is 27.2. The Morgan fingerprint density at radius 2 is 1.95 bits per heavy atom. The van der Waals surface area contributed by atoms with E-state index in [2.05, 4.69) is 5.32 Å². The van der Waals surface area contributed by atoms with Gasteiger partial charge in [0.05, 0.1) is 30.1 Å². The monoisotopic (exact) mass is 552 g/mol. The molecule has 0 spiro atoms. The summed E-state index contributed by atoms with van der Waals surface area (Å²) in [5.74, 6) is 0.338. The number of ether oxygens (including phenoxy) is 1. The number of phenolic OH excluding ortho intramolecular Hbond substituents is 1. The smallest absolute Gasteiger partial charge is 0.264 e. The highest BCUT2D eigenvalue weighted by Crippen LogP contribution is 2.37. The maximum absolute atomic E-state index is 13.7. The van der Waals surface area contributed by atoms with Crippen molar-refractivity contribution in [2.75, 3.05) is 26.2 Å². The molecule has 8 nitrogen and oxygen atoms in total. The number of nitrogens with zero attached hydrogens (tertiary/aromatic N) is 3. The van der Waals surface area contributed by atoms with E-state index in [1.54, 1.807) is 53.1 Å². The van der Waals surface area contributed by atoms with Crippen molar-refractivity contribution in [3.05, 3.63) is 76.0 Å². The van der Waals surface area contributed by atoms with Gasteiger partial charge >= 0.3 is 0 Å². The van der Waals surface area contributed by atoms with Gasteiger partial charge in [0.1, 0.15) is 17.3 Å². The summed E-state index contributed by atoms with van der Waals surface area (Å²) in [4.78, 5) is 33.3. The summed E-state index contributed by atoms with van der Waals surface area (Å²) >= 11 is 1.60. The zero-order valence-electron chi connectivity index (χ0n) is 21.8. The van der Waals surface area contributed by atoms with Crippen LogP contribution in [0.25, 0.3) is 5.69 Å². The molecule has 0 unspecified atom stereocenters. The number of halogens is 1. The molecule has 1 amide bonds. The number of para-hydroxylation sites is 2. The van der Waals surface area contributed by atoms with Gasteiger partial charge in [-0.25, -0.2) is 9.37 Å². The molecule has 0 saturated heterocycles. The topological polar surface area (TPSA) is 96.7 Å². The average molecular weight is 553 g/mol. The highest BCUT2D eigenvalue weighted by molar-refractivity contribution is 7.99. The van der Waals surface area contributed by atoms with Crippen LogP contribution in [-0.4, -0.2) is 57.0 Å². The third kappa shape index (κ3) is 6.62. The summed E-state index contributed by atoms with van der Waals surface area (Å²) < 4.78 is 20.0. The Morgan fingerprint density at radius 1 is 1.15 bits per heavy atom. The first-order valence-electron chi connectivity index (χ1n) is 13.5. The van der Waals surface area contributed by atoms with Crippen LogP contribution < -0.4 is 15.6 Å². The fourth-order valence-corrected chi connectivity index (χ4v) is 5.96. The molecule has 3 aromatic rings. The van der Waals surface area contributed by atoms with Crippen LogP contribution in [0.1, 0.15) is 43.4 Å². The number of phenols is 1. The molecule has 2 heterocycles. The number of aromatic nitrogens is 2. The van der Waals surface area contributed by atoms with Crippen molar-refractivity contribution in [3.8, 4) is 17.2 Å². The predicted molar refractivity (Wildman–Crippen MR) is 148 cm³/mol. The second kappa shape index (κ2) is 12.7. The minimum Gasteiger partial charge on any atom is -0.506 e. The number of rotatable bonds is 11. The Labute approximate surface area is 231 Å². The maximum Gasteiger partial charge on any atom is 0.264 e. The molecule has 2 aromatic carbocycles. The normalized spacial score (nSPS) is 15.1. The number of carbonyl (C=O) groups excluding carboxylic acids is 1. The Hall–Kier alpha value is -3.37. The molecular formula is C29H33FN4O4S. The summed E-state index contributed by atoms with van der Waals surface area (Å²) in [5, 5.41) is 14.8. The Morgan fingerprint density at radius 3 is 2.69 bits per heavy atom. The second-order valence-electron chi connectivity index (χ2n) is 9.84. The molecule has 5 rings (SSSR count). The summed E-state index contributed by atoms with van der Waals surface area (Å²) in [6.45, 7) is 2.45. The number of benzene rings is 2. The fourth-order valence-electron chi connectivity index (χ4n) is 4.65. The summed E-state index contributed by atoms with van der Waals surface area (Å²) in [6.07, 6.45) is 4.97. The molecule has 0 radical (unpaired) electrons. The van der Waals surface area contributed by atoms with Gasteiger partial charge in [0, 0.05) is 31.2 Å². The van der Waals surface area contributed by atoms with Crippen LogP contribution in [0, 0.1) is 5.82 Å². The predicted octanol–water partition coefficient (Wildman–Crippen LogP) is 4.06. The number of fused-ring (bicyclic) bond motifs is 1. The van der Waals surface area contributed by atoms with Crippen molar-refractivity contribution in [1.82, 2.24) is 19.8 Å². The van der Waals surface area contributed by atoms with Crippen molar-refractivity contribution in [1.29, 1.82) is 0 Å². The van der Waals surface area contributed by atoms with E-state index in [4.69, 9.17) is 9.72 Å². The molecule has 1 aliphatic carbocycles. The lowest BCUT2D eigenvalue weighted by Crippen LogP contribution is -2.42. The lowest BCUT2D eigenvalue weighted by molar-refractivity contribution is -0.132. The number of carbonyl (C=O) groups is 1. The highest BCUT2D eigenvalue weighted by Gasteiger charge is 2.29. The Kier molecular flexibility index (Phi) is 8.83. The van der Waals surface area contributed by atoms with E-state index in [0.717, 1.165) is 25.0 Å². The third-order valence-electron chi connectivity index (χ3n) is 7.09. The number of amides is 1. The van der Waals surface area contributed by atoms with Gasteiger partial charge in [-0.3, -0.25) is 14.2 Å². The van der Waals surface area contributed by atoms with E-state index in [9.17, 15) is 19.1 Å². The van der Waals surface area contributed by atoms with Gasteiger partial charge in [0.15, 0.2) is 5.16 Å². The zero-order valence-corrected chi connectivity index (χ0v) is 22.6. The van der Waals surface area contributed by atoms with Crippen LogP contribution in [0.4, 0.5) is 4.39 Å². The first-order chi connectivity index (χ1) is 19.0. The SMILES string of the molecule is O=C(CCNCCCOc1ccc(F)cc1)N1CCc2nc(SC3CCC3)n(-c3ccccc3O)c(=O)c2C1. The van der Waals surface area contributed by atoms with Crippen molar-refractivity contribution >= 4 is 17.7 Å². The molecule has 1 aliphatic heterocycles. The third-order valence-corrected chi connectivity index (χ3v) is 8.38. The molecular weight excluding hydrogens is 519 g/mol. The van der Waals surface area contributed by atoms with Crippen LogP contribution in [-0.2, 0) is 17.8 Å². The van der Waals surface area contributed by atoms with Crippen molar-refractivity contribution < 1.29 is 19.0 Å². The molecule has 1 fully saturated rings. The van der Waals surface area contributed by atoms with Gasteiger partial charge < -0.3 is 20.1 Å². The summed E-state index contributed by atoms with van der Waals surface area (Å²) in [6, 6.07) is 12.7. The lowest BCUT2D eigenvalue weighted by atomic mass is 10.0. The number of nitrogens with one attached hydrogen (secondary N) is 1. The quantitative estimate of drug-likeness (QED) is 0.274. The average Bonchev–Trinajstić information content (AvgIpc) is 2.92. The molecule has 2 aliphatic rings. The number of hydrogen-bond acceptors (Lipinski definition) is 7. The Balaban J connectivity index is 1.17.